The fourth-order valence-corrected chi connectivity index (χ4v) is 1.87. The van der Waals surface area contributed by atoms with Gasteiger partial charge in [0.05, 0.1) is 6.61 Å². The molecule has 0 aromatic heterocycles. The maximum absolute atomic E-state index is 11.8. The quantitative estimate of drug-likeness (QED) is 0.538. The molecule has 0 saturated carbocycles. The molecule has 2 N–H and O–H groups in total. The normalized spacial score (nSPS) is 13.4. The number of carbonyl (C=O) groups excluding carboxylic acids is 1. The van der Waals surface area contributed by atoms with E-state index in [9.17, 15) is 4.79 Å². The van der Waals surface area contributed by atoms with Crippen molar-refractivity contribution in [3.05, 3.63) is 24.3 Å². The number of anilines is 1. The zero-order chi connectivity index (χ0) is 17.0. The third-order valence-electron chi connectivity index (χ3n) is 2.48. The van der Waals surface area contributed by atoms with Crippen LogP contribution in [-0.2, 0) is 4.79 Å². The zero-order valence-corrected chi connectivity index (χ0v) is 15.6. The average Bonchev–Trinajstić information content (AvgIpc) is 2.38. The van der Waals surface area contributed by atoms with Crippen molar-refractivity contribution >= 4 is 69.6 Å². The maximum Gasteiger partial charge on any atom is 0.257 e. The first-order chi connectivity index (χ1) is 10.0. The predicted octanol–water partition coefficient (Wildman–Crippen LogP) is 4.50. The van der Waals surface area contributed by atoms with Gasteiger partial charge in [0.1, 0.15) is 11.9 Å². The highest BCUT2D eigenvalue weighted by Crippen LogP contribution is 2.32. The first-order valence-electron chi connectivity index (χ1n) is 6.29. The standard InChI is InChI=1S/C13H15Cl5N2O2/c1-3-22-9-6-4-8(5-7-9)19-10(13(16,17)18)20-11(21)12(2,14)15/h4-7,10,19H,3H2,1-2H3,(H,20,21). The van der Waals surface area contributed by atoms with Crippen molar-refractivity contribution in [2.75, 3.05) is 11.9 Å². The van der Waals surface area contributed by atoms with Gasteiger partial charge in [-0.25, -0.2) is 0 Å². The summed E-state index contributed by atoms with van der Waals surface area (Å²) in [5.74, 6) is 0.0159. The van der Waals surface area contributed by atoms with Gasteiger partial charge < -0.3 is 15.4 Å². The van der Waals surface area contributed by atoms with E-state index in [2.05, 4.69) is 10.6 Å². The average molecular weight is 409 g/mol. The minimum absolute atomic E-state index is 0.559. The number of rotatable bonds is 6. The fourth-order valence-electron chi connectivity index (χ4n) is 1.44. The minimum atomic E-state index is -1.81. The van der Waals surface area contributed by atoms with Crippen LogP contribution in [0.3, 0.4) is 0 Å². The number of hydrogen-bond donors (Lipinski definition) is 2. The number of carbonyl (C=O) groups is 1. The number of ether oxygens (including phenoxy) is 1. The van der Waals surface area contributed by atoms with Crippen LogP contribution in [0.2, 0.25) is 0 Å². The molecule has 0 aliphatic rings. The van der Waals surface area contributed by atoms with Gasteiger partial charge in [-0.1, -0.05) is 58.0 Å². The van der Waals surface area contributed by atoms with Crippen LogP contribution in [0, 0.1) is 0 Å². The predicted molar refractivity (Wildman–Crippen MR) is 93.6 cm³/mol. The molecule has 22 heavy (non-hydrogen) atoms. The highest BCUT2D eigenvalue weighted by Gasteiger charge is 2.38. The van der Waals surface area contributed by atoms with E-state index in [1.165, 1.54) is 6.92 Å². The van der Waals surface area contributed by atoms with Crippen molar-refractivity contribution in [2.45, 2.75) is 28.1 Å². The number of alkyl halides is 5. The number of nitrogens with one attached hydrogen (secondary N) is 2. The van der Waals surface area contributed by atoms with Crippen molar-refractivity contribution in [2.24, 2.45) is 0 Å². The molecule has 1 aromatic carbocycles. The van der Waals surface area contributed by atoms with Crippen molar-refractivity contribution in [3.8, 4) is 5.75 Å². The van der Waals surface area contributed by atoms with Crippen LogP contribution in [-0.4, -0.2) is 26.8 Å². The second kappa shape index (κ2) is 8.02. The van der Waals surface area contributed by atoms with Gasteiger partial charge in [0.25, 0.3) is 5.91 Å². The summed E-state index contributed by atoms with van der Waals surface area (Å²) in [6.07, 6.45) is -1.03. The van der Waals surface area contributed by atoms with E-state index in [-0.39, 0.29) is 0 Å². The first-order valence-corrected chi connectivity index (χ1v) is 8.18. The van der Waals surface area contributed by atoms with Gasteiger partial charge in [-0.2, -0.15) is 0 Å². The minimum Gasteiger partial charge on any atom is -0.494 e. The summed E-state index contributed by atoms with van der Waals surface area (Å²) in [5, 5.41) is 5.33. The van der Waals surface area contributed by atoms with Gasteiger partial charge in [-0.3, -0.25) is 4.79 Å². The van der Waals surface area contributed by atoms with E-state index in [1.54, 1.807) is 24.3 Å². The molecule has 1 unspecified atom stereocenters. The van der Waals surface area contributed by atoms with Crippen molar-refractivity contribution in [1.29, 1.82) is 0 Å². The molecule has 1 rings (SSSR count). The number of amides is 1. The van der Waals surface area contributed by atoms with E-state index in [1.807, 2.05) is 6.92 Å². The topological polar surface area (TPSA) is 50.4 Å². The summed E-state index contributed by atoms with van der Waals surface area (Å²) >= 11 is 29.0. The Morgan fingerprint density at radius 2 is 1.73 bits per heavy atom. The highest BCUT2D eigenvalue weighted by molar-refractivity contribution is 6.68. The van der Waals surface area contributed by atoms with E-state index in [0.717, 1.165) is 0 Å². The Balaban J connectivity index is 2.84. The van der Waals surface area contributed by atoms with E-state index in [0.29, 0.717) is 18.0 Å². The third-order valence-corrected chi connectivity index (χ3v) is 3.48. The van der Waals surface area contributed by atoms with Crippen LogP contribution < -0.4 is 15.4 Å². The van der Waals surface area contributed by atoms with Crippen LogP contribution in [0.4, 0.5) is 5.69 Å². The monoisotopic (exact) mass is 406 g/mol. The van der Waals surface area contributed by atoms with Crippen LogP contribution >= 0.6 is 58.0 Å². The number of benzene rings is 1. The summed E-state index contributed by atoms with van der Waals surface area (Å²) in [7, 11) is 0. The van der Waals surface area contributed by atoms with E-state index < -0.39 is 20.2 Å². The molecule has 1 amide bonds. The Bertz CT molecular complexity index is 497. The first kappa shape index (κ1) is 19.8. The molecule has 4 nitrogen and oxygen atoms in total. The molecule has 0 radical (unpaired) electrons. The van der Waals surface area contributed by atoms with E-state index in [4.69, 9.17) is 62.7 Å². The molecular formula is C13H15Cl5N2O2. The van der Waals surface area contributed by atoms with Gasteiger partial charge in [0.15, 0.2) is 4.33 Å². The third kappa shape index (κ3) is 6.47. The van der Waals surface area contributed by atoms with Gasteiger partial charge in [0.2, 0.25) is 3.79 Å². The highest BCUT2D eigenvalue weighted by atomic mass is 35.6. The van der Waals surface area contributed by atoms with Crippen LogP contribution in [0.5, 0.6) is 5.75 Å². The van der Waals surface area contributed by atoms with E-state index >= 15 is 0 Å². The largest absolute Gasteiger partial charge is 0.494 e. The lowest BCUT2D eigenvalue weighted by Gasteiger charge is -2.29. The van der Waals surface area contributed by atoms with Crippen molar-refractivity contribution < 1.29 is 9.53 Å². The molecule has 124 valence electrons. The maximum atomic E-state index is 11.8. The molecule has 9 heteroatoms. The zero-order valence-electron chi connectivity index (χ0n) is 11.8. The molecule has 0 aliphatic carbocycles. The SMILES string of the molecule is CCOc1ccc(NC(NC(=O)C(C)(Cl)Cl)C(Cl)(Cl)Cl)cc1. The Morgan fingerprint density at radius 1 is 1.18 bits per heavy atom. The molecule has 0 aliphatic heterocycles. The summed E-state index contributed by atoms with van der Waals surface area (Å²) in [4.78, 5) is 11.8. The summed E-state index contributed by atoms with van der Waals surface area (Å²) < 4.78 is 1.88. The Hall–Kier alpha value is -0.260. The molecule has 1 aromatic rings. The summed E-state index contributed by atoms with van der Waals surface area (Å²) in [6, 6.07) is 6.94. The lowest BCUT2D eigenvalue weighted by atomic mass is 10.3. The lowest BCUT2D eigenvalue weighted by Crippen LogP contribution is -2.52. The Morgan fingerprint density at radius 3 is 2.14 bits per heavy atom. The van der Waals surface area contributed by atoms with Crippen LogP contribution in [0.15, 0.2) is 24.3 Å². The van der Waals surface area contributed by atoms with Crippen molar-refractivity contribution in [3.63, 3.8) is 0 Å². The molecule has 0 saturated heterocycles. The Kier molecular flexibility index (Phi) is 7.21. The second-order valence-corrected chi connectivity index (χ2v) is 8.51. The second-order valence-electron chi connectivity index (χ2n) is 4.44. The molecule has 0 fully saturated rings. The summed E-state index contributed by atoms with van der Waals surface area (Å²) in [6.45, 7) is 3.76. The smallest absolute Gasteiger partial charge is 0.257 e. The van der Waals surface area contributed by atoms with Crippen molar-refractivity contribution in [1.82, 2.24) is 5.32 Å². The van der Waals surface area contributed by atoms with Gasteiger partial charge >= 0.3 is 0 Å². The fraction of sp³-hybridized carbons (Fsp3) is 0.462. The van der Waals surface area contributed by atoms with Crippen LogP contribution in [0.1, 0.15) is 13.8 Å². The van der Waals surface area contributed by atoms with Gasteiger partial charge in [0, 0.05) is 5.69 Å². The summed E-state index contributed by atoms with van der Waals surface area (Å²) in [5.41, 5.74) is 0.617. The molecule has 0 heterocycles. The lowest BCUT2D eigenvalue weighted by molar-refractivity contribution is -0.121. The van der Waals surface area contributed by atoms with Crippen LogP contribution in [0.25, 0.3) is 0 Å². The molecule has 0 spiro atoms. The van der Waals surface area contributed by atoms with Gasteiger partial charge in [-0.15, -0.1) is 0 Å². The molecule has 0 bridgehead atoms. The number of hydrogen-bond acceptors (Lipinski definition) is 3. The Labute approximate surface area is 154 Å². The van der Waals surface area contributed by atoms with Gasteiger partial charge in [-0.05, 0) is 38.1 Å². The molecular weight excluding hydrogens is 393 g/mol. The molecule has 1 atom stereocenters. The number of halogens is 5.